The highest BCUT2D eigenvalue weighted by Gasteiger charge is 2.18. The topological polar surface area (TPSA) is 41.6 Å². The SMILES string of the molecule is CC[C@@H](Oc1cccc(C)c1C)C(=O)NCCCN(C)C. The van der Waals surface area contributed by atoms with Gasteiger partial charge in [0.2, 0.25) is 0 Å². The van der Waals surface area contributed by atoms with E-state index in [9.17, 15) is 4.79 Å². The monoisotopic (exact) mass is 292 g/mol. The van der Waals surface area contributed by atoms with Crippen molar-refractivity contribution in [1.82, 2.24) is 10.2 Å². The third kappa shape index (κ3) is 5.76. The van der Waals surface area contributed by atoms with E-state index in [1.165, 1.54) is 5.56 Å². The van der Waals surface area contributed by atoms with Gasteiger partial charge in [-0.15, -0.1) is 0 Å². The average Bonchev–Trinajstić information content (AvgIpc) is 2.44. The number of nitrogens with one attached hydrogen (secondary N) is 1. The summed E-state index contributed by atoms with van der Waals surface area (Å²) in [5, 5.41) is 2.95. The average molecular weight is 292 g/mol. The number of rotatable bonds is 8. The van der Waals surface area contributed by atoms with Crippen LogP contribution in [0.1, 0.15) is 30.9 Å². The normalized spacial score (nSPS) is 12.3. The molecule has 0 fully saturated rings. The first-order chi connectivity index (χ1) is 9.95. The molecule has 0 unspecified atom stereocenters. The lowest BCUT2D eigenvalue weighted by Crippen LogP contribution is -2.39. The minimum Gasteiger partial charge on any atom is -0.480 e. The molecule has 0 heterocycles. The van der Waals surface area contributed by atoms with Crippen LogP contribution in [0.25, 0.3) is 0 Å². The molecule has 0 aromatic heterocycles. The lowest BCUT2D eigenvalue weighted by Gasteiger charge is -2.19. The van der Waals surface area contributed by atoms with Crippen LogP contribution >= 0.6 is 0 Å². The second-order valence-electron chi connectivity index (χ2n) is 5.66. The smallest absolute Gasteiger partial charge is 0.261 e. The van der Waals surface area contributed by atoms with Crippen molar-refractivity contribution < 1.29 is 9.53 Å². The fourth-order valence-electron chi connectivity index (χ4n) is 2.05. The quantitative estimate of drug-likeness (QED) is 0.749. The van der Waals surface area contributed by atoms with Gasteiger partial charge < -0.3 is 15.0 Å². The fourth-order valence-corrected chi connectivity index (χ4v) is 2.05. The molecule has 4 heteroatoms. The predicted molar refractivity (Wildman–Crippen MR) is 86.8 cm³/mol. The van der Waals surface area contributed by atoms with E-state index in [1.807, 2.05) is 53.1 Å². The van der Waals surface area contributed by atoms with Crippen LogP contribution in [-0.4, -0.2) is 44.1 Å². The second-order valence-corrected chi connectivity index (χ2v) is 5.66. The van der Waals surface area contributed by atoms with Gasteiger partial charge in [0, 0.05) is 6.54 Å². The molecule has 1 aromatic rings. The minimum absolute atomic E-state index is 0.0304. The summed E-state index contributed by atoms with van der Waals surface area (Å²) in [6, 6.07) is 5.92. The first-order valence-corrected chi connectivity index (χ1v) is 7.61. The maximum absolute atomic E-state index is 12.2. The van der Waals surface area contributed by atoms with Gasteiger partial charge in [-0.2, -0.15) is 0 Å². The van der Waals surface area contributed by atoms with Gasteiger partial charge in [-0.25, -0.2) is 0 Å². The largest absolute Gasteiger partial charge is 0.480 e. The van der Waals surface area contributed by atoms with Crippen LogP contribution in [0.4, 0.5) is 0 Å². The molecule has 1 aromatic carbocycles. The zero-order valence-electron chi connectivity index (χ0n) is 13.9. The van der Waals surface area contributed by atoms with Crippen LogP contribution < -0.4 is 10.1 Å². The Balaban J connectivity index is 2.54. The van der Waals surface area contributed by atoms with Gasteiger partial charge in [0.1, 0.15) is 5.75 Å². The van der Waals surface area contributed by atoms with Crippen molar-refractivity contribution in [2.24, 2.45) is 0 Å². The Bertz CT molecular complexity index is 458. The van der Waals surface area contributed by atoms with Crippen LogP contribution in [0.3, 0.4) is 0 Å². The molecule has 1 rings (SSSR count). The standard InChI is InChI=1S/C17H28N2O2/c1-6-15(17(20)18-11-8-12-19(4)5)21-16-10-7-9-13(2)14(16)3/h7,9-10,15H,6,8,11-12H2,1-5H3,(H,18,20)/t15-/m1/s1. The summed E-state index contributed by atoms with van der Waals surface area (Å²) in [7, 11) is 4.06. The molecule has 0 saturated heterocycles. The van der Waals surface area contributed by atoms with Crippen LogP contribution in [0.15, 0.2) is 18.2 Å². The van der Waals surface area contributed by atoms with Crippen molar-refractivity contribution in [3.63, 3.8) is 0 Å². The Hall–Kier alpha value is -1.55. The van der Waals surface area contributed by atoms with Gasteiger partial charge in [0.15, 0.2) is 6.10 Å². The molecule has 1 amide bonds. The lowest BCUT2D eigenvalue weighted by molar-refractivity contribution is -0.128. The molecule has 0 aliphatic carbocycles. The Morgan fingerprint density at radius 1 is 1.33 bits per heavy atom. The van der Waals surface area contributed by atoms with Crippen LogP contribution in [-0.2, 0) is 4.79 Å². The number of carbonyl (C=O) groups excluding carboxylic acids is 1. The molecule has 0 bridgehead atoms. The van der Waals surface area contributed by atoms with E-state index in [4.69, 9.17) is 4.74 Å². The number of amides is 1. The molecule has 118 valence electrons. The van der Waals surface area contributed by atoms with E-state index in [-0.39, 0.29) is 5.91 Å². The molecule has 1 atom stereocenters. The maximum Gasteiger partial charge on any atom is 0.261 e. The third-order valence-corrected chi connectivity index (χ3v) is 3.57. The minimum atomic E-state index is -0.426. The first-order valence-electron chi connectivity index (χ1n) is 7.61. The molecular formula is C17H28N2O2. The number of aryl methyl sites for hydroxylation is 1. The Kier molecular flexibility index (Phi) is 7.23. The maximum atomic E-state index is 12.2. The van der Waals surface area contributed by atoms with Gasteiger partial charge >= 0.3 is 0 Å². The van der Waals surface area contributed by atoms with Crippen molar-refractivity contribution in [2.75, 3.05) is 27.2 Å². The molecule has 1 N–H and O–H groups in total. The molecule has 0 spiro atoms. The predicted octanol–water partition coefficient (Wildman–Crippen LogP) is 2.53. The third-order valence-electron chi connectivity index (χ3n) is 3.57. The van der Waals surface area contributed by atoms with Crippen LogP contribution in [0.2, 0.25) is 0 Å². The van der Waals surface area contributed by atoms with Crippen molar-refractivity contribution in [1.29, 1.82) is 0 Å². The number of nitrogens with zero attached hydrogens (tertiary/aromatic N) is 1. The van der Waals surface area contributed by atoms with Crippen molar-refractivity contribution >= 4 is 5.91 Å². The summed E-state index contributed by atoms with van der Waals surface area (Å²) in [6.45, 7) is 7.69. The molecule has 0 aliphatic heterocycles. The van der Waals surface area contributed by atoms with Gasteiger partial charge in [0.05, 0.1) is 0 Å². The molecule has 4 nitrogen and oxygen atoms in total. The summed E-state index contributed by atoms with van der Waals surface area (Å²) < 4.78 is 5.89. The highest BCUT2D eigenvalue weighted by molar-refractivity contribution is 5.81. The number of hydrogen-bond acceptors (Lipinski definition) is 3. The number of benzene rings is 1. The van der Waals surface area contributed by atoms with Crippen LogP contribution in [0.5, 0.6) is 5.75 Å². The van der Waals surface area contributed by atoms with E-state index in [2.05, 4.69) is 10.2 Å². The van der Waals surface area contributed by atoms with Crippen molar-refractivity contribution in [2.45, 2.75) is 39.7 Å². The van der Waals surface area contributed by atoms with E-state index in [0.717, 1.165) is 24.3 Å². The number of hydrogen-bond donors (Lipinski definition) is 1. The Morgan fingerprint density at radius 2 is 2.05 bits per heavy atom. The van der Waals surface area contributed by atoms with Gasteiger partial charge in [0.25, 0.3) is 5.91 Å². The summed E-state index contributed by atoms with van der Waals surface area (Å²) in [6.07, 6.45) is 1.18. The fraction of sp³-hybridized carbons (Fsp3) is 0.588. The molecule has 0 radical (unpaired) electrons. The highest BCUT2D eigenvalue weighted by Crippen LogP contribution is 2.22. The lowest BCUT2D eigenvalue weighted by atomic mass is 10.1. The van der Waals surface area contributed by atoms with Gasteiger partial charge in [-0.3, -0.25) is 4.79 Å². The van der Waals surface area contributed by atoms with Crippen LogP contribution in [0, 0.1) is 13.8 Å². The molecule has 21 heavy (non-hydrogen) atoms. The second kappa shape index (κ2) is 8.67. The zero-order chi connectivity index (χ0) is 15.8. The molecule has 0 aliphatic rings. The highest BCUT2D eigenvalue weighted by atomic mass is 16.5. The van der Waals surface area contributed by atoms with Gasteiger partial charge in [-0.05, 0) is 64.5 Å². The van der Waals surface area contributed by atoms with Gasteiger partial charge in [-0.1, -0.05) is 19.1 Å². The number of ether oxygens (including phenoxy) is 1. The summed E-state index contributed by atoms with van der Waals surface area (Å²) in [4.78, 5) is 14.3. The van der Waals surface area contributed by atoms with Crippen molar-refractivity contribution in [3.05, 3.63) is 29.3 Å². The van der Waals surface area contributed by atoms with E-state index < -0.39 is 6.10 Å². The molecule has 0 saturated carbocycles. The zero-order valence-corrected chi connectivity index (χ0v) is 13.9. The van der Waals surface area contributed by atoms with E-state index in [0.29, 0.717) is 13.0 Å². The Labute approximate surface area is 128 Å². The van der Waals surface area contributed by atoms with Crippen molar-refractivity contribution in [3.8, 4) is 5.75 Å². The summed E-state index contributed by atoms with van der Waals surface area (Å²) in [5.74, 6) is 0.766. The van der Waals surface area contributed by atoms with E-state index in [1.54, 1.807) is 0 Å². The summed E-state index contributed by atoms with van der Waals surface area (Å²) in [5.41, 5.74) is 2.27. The number of carbonyl (C=O) groups is 1. The summed E-state index contributed by atoms with van der Waals surface area (Å²) >= 11 is 0. The molecular weight excluding hydrogens is 264 g/mol. The van der Waals surface area contributed by atoms with E-state index >= 15 is 0 Å². The Morgan fingerprint density at radius 3 is 2.67 bits per heavy atom. The first kappa shape index (κ1) is 17.5.